The Morgan fingerprint density at radius 1 is 1.47 bits per heavy atom. The van der Waals surface area contributed by atoms with Gasteiger partial charge in [-0.05, 0) is 37.0 Å². The van der Waals surface area contributed by atoms with Gasteiger partial charge in [0.2, 0.25) is 11.8 Å². The number of fused-ring (bicyclic) bond motifs is 1. The molecular formula is C14H18N2O3. The summed E-state index contributed by atoms with van der Waals surface area (Å²) < 4.78 is 0. The highest BCUT2D eigenvalue weighted by Crippen LogP contribution is 2.23. The molecule has 5 heteroatoms. The molecule has 0 bridgehead atoms. The molecule has 19 heavy (non-hydrogen) atoms. The van der Waals surface area contributed by atoms with Crippen LogP contribution in [0.1, 0.15) is 24.5 Å². The van der Waals surface area contributed by atoms with Crippen LogP contribution in [0.2, 0.25) is 0 Å². The molecule has 0 aliphatic carbocycles. The van der Waals surface area contributed by atoms with E-state index in [9.17, 15) is 9.59 Å². The van der Waals surface area contributed by atoms with Gasteiger partial charge in [0.15, 0.2) is 0 Å². The maximum Gasteiger partial charge on any atom is 0.248 e. The van der Waals surface area contributed by atoms with Crippen LogP contribution in [0.15, 0.2) is 18.2 Å². The molecule has 3 N–H and O–H groups in total. The summed E-state index contributed by atoms with van der Waals surface area (Å²) in [5, 5.41) is 14.5. The minimum Gasteiger partial charge on any atom is -0.384 e. The molecule has 0 radical (unpaired) electrons. The van der Waals surface area contributed by atoms with Crippen molar-refractivity contribution in [2.75, 3.05) is 11.9 Å². The van der Waals surface area contributed by atoms with Crippen molar-refractivity contribution in [2.45, 2.75) is 32.3 Å². The number of aliphatic hydroxyl groups is 1. The average molecular weight is 262 g/mol. The molecule has 1 aliphatic heterocycles. The number of nitrogens with one attached hydrogen (secondary N) is 2. The maximum atomic E-state index is 11.2. The predicted molar refractivity (Wildman–Crippen MR) is 71.8 cm³/mol. The first-order valence-electron chi connectivity index (χ1n) is 6.43. The van der Waals surface area contributed by atoms with Crippen LogP contribution >= 0.6 is 0 Å². The van der Waals surface area contributed by atoms with E-state index in [1.54, 1.807) is 0 Å². The third-order valence-corrected chi connectivity index (χ3v) is 3.16. The minimum absolute atomic E-state index is 0.0597. The second-order valence-electron chi connectivity index (χ2n) is 4.76. The number of anilines is 1. The molecule has 0 spiro atoms. The number of aryl methyl sites for hydroxylation is 1. The van der Waals surface area contributed by atoms with Crippen LogP contribution in [0.5, 0.6) is 0 Å². The summed E-state index contributed by atoms with van der Waals surface area (Å²) in [5.74, 6) is -0.297. The summed E-state index contributed by atoms with van der Waals surface area (Å²) in [4.78, 5) is 22.4. The van der Waals surface area contributed by atoms with Crippen molar-refractivity contribution >= 4 is 17.5 Å². The van der Waals surface area contributed by atoms with Crippen LogP contribution in [0.3, 0.4) is 0 Å². The van der Waals surface area contributed by atoms with Crippen molar-refractivity contribution in [3.05, 3.63) is 29.3 Å². The van der Waals surface area contributed by atoms with E-state index >= 15 is 0 Å². The molecule has 2 rings (SSSR count). The summed E-state index contributed by atoms with van der Waals surface area (Å²) >= 11 is 0. The molecule has 1 aromatic rings. The van der Waals surface area contributed by atoms with Crippen LogP contribution in [0.4, 0.5) is 5.69 Å². The lowest BCUT2D eigenvalue weighted by Crippen LogP contribution is -2.33. The molecule has 0 fully saturated rings. The zero-order chi connectivity index (χ0) is 13.8. The van der Waals surface area contributed by atoms with Gasteiger partial charge in [0.25, 0.3) is 0 Å². The Bertz CT molecular complexity index is 497. The number of hydrogen-bond acceptors (Lipinski definition) is 3. The molecular weight excluding hydrogens is 244 g/mol. The quantitative estimate of drug-likeness (QED) is 0.744. The SMILES string of the molecule is CC(O)C(=O)NCCc1ccc2c(c1)CCC(=O)N2. The number of hydrogen-bond donors (Lipinski definition) is 3. The van der Waals surface area contributed by atoms with Crippen molar-refractivity contribution in [2.24, 2.45) is 0 Å². The fourth-order valence-electron chi connectivity index (χ4n) is 2.07. The zero-order valence-corrected chi connectivity index (χ0v) is 10.9. The zero-order valence-electron chi connectivity index (χ0n) is 10.9. The van der Waals surface area contributed by atoms with Crippen molar-refractivity contribution in [1.29, 1.82) is 0 Å². The van der Waals surface area contributed by atoms with Gasteiger partial charge < -0.3 is 15.7 Å². The van der Waals surface area contributed by atoms with Crippen LogP contribution in [-0.2, 0) is 22.4 Å². The Balaban J connectivity index is 1.92. The van der Waals surface area contributed by atoms with Crippen molar-refractivity contribution in [1.82, 2.24) is 5.32 Å². The van der Waals surface area contributed by atoms with E-state index in [0.29, 0.717) is 19.4 Å². The van der Waals surface area contributed by atoms with Crippen LogP contribution in [0.25, 0.3) is 0 Å². The molecule has 1 aromatic carbocycles. The molecule has 0 aromatic heterocycles. The number of benzene rings is 1. The van der Waals surface area contributed by atoms with Gasteiger partial charge in [-0.25, -0.2) is 0 Å². The standard InChI is InChI=1S/C14H18N2O3/c1-9(17)14(19)15-7-6-10-2-4-12-11(8-10)3-5-13(18)16-12/h2,4,8-9,17H,3,5-7H2,1H3,(H,15,19)(H,16,18). The smallest absolute Gasteiger partial charge is 0.248 e. The van der Waals surface area contributed by atoms with E-state index < -0.39 is 6.10 Å². The van der Waals surface area contributed by atoms with E-state index in [1.165, 1.54) is 6.92 Å². The second-order valence-corrected chi connectivity index (χ2v) is 4.76. The topological polar surface area (TPSA) is 78.4 Å². The van der Waals surface area contributed by atoms with E-state index in [0.717, 1.165) is 23.2 Å². The lowest BCUT2D eigenvalue weighted by atomic mass is 9.99. The lowest BCUT2D eigenvalue weighted by molar-refractivity contribution is -0.128. The summed E-state index contributed by atoms with van der Waals surface area (Å²) in [5.41, 5.74) is 3.13. The first-order valence-corrected chi connectivity index (χ1v) is 6.43. The largest absolute Gasteiger partial charge is 0.384 e. The number of aliphatic hydroxyl groups excluding tert-OH is 1. The van der Waals surface area contributed by atoms with Crippen LogP contribution in [0, 0.1) is 0 Å². The van der Waals surface area contributed by atoms with Crippen LogP contribution in [-0.4, -0.2) is 29.6 Å². The van der Waals surface area contributed by atoms with E-state index in [-0.39, 0.29) is 11.8 Å². The normalized spacial score (nSPS) is 15.4. The molecule has 2 amide bonds. The van der Waals surface area contributed by atoms with Crippen molar-refractivity contribution < 1.29 is 14.7 Å². The molecule has 102 valence electrons. The van der Waals surface area contributed by atoms with Gasteiger partial charge in [0, 0.05) is 18.7 Å². The van der Waals surface area contributed by atoms with Gasteiger partial charge in [0.05, 0.1) is 0 Å². The van der Waals surface area contributed by atoms with E-state index in [1.807, 2.05) is 12.1 Å². The first-order chi connectivity index (χ1) is 9.06. The lowest BCUT2D eigenvalue weighted by Gasteiger charge is -2.17. The molecule has 0 saturated heterocycles. The highest BCUT2D eigenvalue weighted by Gasteiger charge is 2.14. The molecule has 1 unspecified atom stereocenters. The summed E-state index contributed by atoms with van der Waals surface area (Å²) in [7, 11) is 0. The Labute approximate surface area is 112 Å². The Morgan fingerprint density at radius 2 is 2.26 bits per heavy atom. The maximum absolute atomic E-state index is 11.2. The molecule has 1 atom stereocenters. The number of amides is 2. The third-order valence-electron chi connectivity index (χ3n) is 3.16. The highest BCUT2D eigenvalue weighted by atomic mass is 16.3. The summed E-state index contributed by atoms with van der Waals surface area (Å²) in [6, 6.07) is 5.90. The highest BCUT2D eigenvalue weighted by molar-refractivity contribution is 5.93. The number of carbonyl (C=O) groups is 2. The van der Waals surface area contributed by atoms with Gasteiger partial charge in [-0.3, -0.25) is 9.59 Å². The molecule has 0 saturated carbocycles. The molecule has 5 nitrogen and oxygen atoms in total. The summed E-state index contributed by atoms with van der Waals surface area (Å²) in [6.07, 6.45) is 1.02. The number of rotatable bonds is 4. The molecule has 1 heterocycles. The monoisotopic (exact) mass is 262 g/mol. The van der Waals surface area contributed by atoms with E-state index in [4.69, 9.17) is 5.11 Å². The van der Waals surface area contributed by atoms with Crippen LogP contribution < -0.4 is 10.6 Å². The second kappa shape index (κ2) is 5.84. The van der Waals surface area contributed by atoms with Crippen molar-refractivity contribution in [3.8, 4) is 0 Å². The average Bonchev–Trinajstić information content (AvgIpc) is 2.38. The van der Waals surface area contributed by atoms with E-state index in [2.05, 4.69) is 16.7 Å². The van der Waals surface area contributed by atoms with Gasteiger partial charge in [-0.15, -0.1) is 0 Å². The third kappa shape index (κ3) is 3.54. The Kier molecular flexibility index (Phi) is 4.16. The van der Waals surface area contributed by atoms with Gasteiger partial charge in [0.1, 0.15) is 6.10 Å². The minimum atomic E-state index is -0.973. The Hall–Kier alpha value is -1.88. The van der Waals surface area contributed by atoms with Crippen molar-refractivity contribution in [3.63, 3.8) is 0 Å². The molecule has 1 aliphatic rings. The van der Waals surface area contributed by atoms with Gasteiger partial charge in [-0.2, -0.15) is 0 Å². The fraction of sp³-hybridized carbons (Fsp3) is 0.429. The Morgan fingerprint density at radius 3 is 3.00 bits per heavy atom. The predicted octanol–water partition coefficient (Wildman–Crippen LogP) is 0.611. The fourth-order valence-corrected chi connectivity index (χ4v) is 2.07. The number of carbonyl (C=O) groups excluding carboxylic acids is 2. The summed E-state index contributed by atoms with van der Waals surface area (Å²) in [6.45, 7) is 1.94. The first kappa shape index (κ1) is 13.5. The van der Waals surface area contributed by atoms with Gasteiger partial charge in [-0.1, -0.05) is 12.1 Å². The van der Waals surface area contributed by atoms with Gasteiger partial charge >= 0.3 is 0 Å².